The Morgan fingerprint density at radius 2 is 2.00 bits per heavy atom. The fourth-order valence-electron chi connectivity index (χ4n) is 1.82. The van der Waals surface area contributed by atoms with Crippen LogP contribution in [0.1, 0.15) is 21.5 Å². The minimum absolute atomic E-state index is 0.116. The number of rotatable bonds is 5. The van der Waals surface area contributed by atoms with Gasteiger partial charge in [-0.3, -0.25) is 14.9 Å². The average Bonchev–Trinajstić information content (AvgIpc) is 2.46. The highest BCUT2D eigenvalue weighted by Crippen LogP contribution is 2.28. The van der Waals surface area contributed by atoms with Crippen LogP contribution < -0.4 is 0 Å². The third kappa shape index (κ3) is 3.24. The zero-order valence-electron chi connectivity index (χ0n) is 10.9. The molecule has 0 fully saturated rings. The van der Waals surface area contributed by atoms with E-state index in [0.29, 0.717) is 6.29 Å². The van der Waals surface area contributed by atoms with E-state index < -0.39 is 4.92 Å². The van der Waals surface area contributed by atoms with Crippen molar-refractivity contribution in [3.05, 3.63) is 69.3 Å². The standard InChI is InChI=1S/C15H13NO3S/c1-11-4-2-3-5-12(11)10-20-14-6-7-15(16(18)19)13(8-14)9-17/h2-9H,10H2,1H3. The zero-order chi connectivity index (χ0) is 14.5. The molecule has 0 spiro atoms. The second kappa shape index (κ2) is 6.34. The lowest BCUT2D eigenvalue weighted by Gasteiger charge is -2.06. The summed E-state index contributed by atoms with van der Waals surface area (Å²) in [7, 11) is 0. The predicted octanol–water partition coefficient (Wildman–Crippen LogP) is 4.01. The lowest BCUT2D eigenvalue weighted by Crippen LogP contribution is -1.94. The third-order valence-corrected chi connectivity index (χ3v) is 4.02. The summed E-state index contributed by atoms with van der Waals surface area (Å²) in [5, 5.41) is 10.8. The number of hydrogen-bond donors (Lipinski definition) is 0. The van der Waals surface area contributed by atoms with E-state index in [2.05, 4.69) is 0 Å². The summed E-state index contributed by atoms with van der Waals surface area (Å²) in [6.45, 7) is 2.04. The Labute approximate surface area is 121 Å². The van der Waals surface area contributed by atoms with E-state index in [-0.39, 0.29) is 11.3 Å². The molecule has 0 saturated heterocycles. The molecule has 0 bridgehead atoms. The lowest BCUT2D eigenvalue weighted by atomic mass is 10.1. The molecule has 0 aromatic heterocycles. The van der Waals surface area contributed by atoms with Crippen LogP contribution in [0.25, 0.3) is 0 Å². The zero-order valence-corrected chi connectivity index (χ0v) is 11.7. The number of carbonyl (C=O) groups is 1. The van der Waals surface area contributed by atoms with Gasteiger partial charge in [-0.05, 0) is 30.2 Å². The molecular weight excluding hydrogens is 274 g/mol. The van der Waals surface area contributed by atoms with Gasteiger partial charge in [0.05, 0.1) is 10.5 Å². The van der Waals surface area contributed by atoms with Gasteiger partial charge in [-0.1, -0.05) is 24.3 Å². The number of nitrogens with zero attached hydrogens (tertiary/aromatic N) is 1. The van der Waals surface area contributed by atoms with Crippen LogP contribution in [-0.4, -0.2) is 11.2 Å². The van der Waals surface area contributed by atoms with Crippen LogP contribution >= 0.6 is 11.8 Å². The van der Waals surface area contributed by atoms with Gasteiger partial charge in [-0.15, -0.1) is 11.8 Å². The molecule has 0 N–H and O–H groups in total. The topological polar surface area (TPSA) is 60.2 Å². The highest BCUT2D eigenvalue weighted by Gasteiger charge is 2.13. The third-order valence-electron chi connectivity index (χ3n) is 2.98. The van der Waals surface area contributed by atoms with Gasteiger partial charge in [-0.2, -0.15) is 0 Å². The smallest absolute Gasteiger partial charge is 0.279 e. The maximum atomic E-state index is 10.9. The highest BCUT2D eigenvalue weighted by atomic mass is 32.2. The fraction of sp³-hybridized carbons (Fsp3) is 0.133. The molecule has 0 aliphatic carbocycles. The molecule has 0 aliphatic heterocycles. The van der Waals surface area contributed by atoms with E-state index in [1.54, 1.807) is 23.9 Å². The average molecular weight is 287 g/mol. The maximum Gasteiger partial charge on any atom is 0.279 e. The predicted molar refractivity (Wildman–Crippen MR) is 79.2 cm³/mol. The van der Waals surface area contributed by atoms with Crippen LogP contribution in [0.2, 0.25) is 0 Å². The molecule has 2 aromatic carbocycles. The fourth-order valence-corrected chi connectivity index (χ4v) is 2.84. The SMILES string of the molecule is Cc1ccccc1CSc1ccc([N+](=O)[O-])c(C=O)c1. The molecule has 0 saturated carbocycles. The number of aryl methyl sites for hydroxylation is 1. The Morgan fingerprint density at radius 3 is 2.65 bits per heavy atom. The van der Waals surface area contributed by atoms with Crippen LogP contribution in [0, 0.1) is 17.0 Å². The van der Waals surface area contributed by atoms with E-state index in [1.165, 1.54) is 17.2 Å². The van der Waals surface area contributed by atoms with E-state index >= 15 is 0 Å². The second-order valence-corrected chi connectivity index (χ2v) is 5.36. The van der Waals surface area contributed by atoms with Gasteiger partial charge in [-0.25, -0.2) is 0 Å². The van der Waals surface area contributed by atoms with Crippen LogP contribution in [0.4, 0.5) is 5.69 Å². The van der Waals surface area contributed by atoms with E-state index in [4.69, 9.17) is 0 Å². The number of nitro groups is 1. The van der Waals surface area contributed by atoms with Crippen LogP contribution in [-0.2, 0) is 5.75 Å². The van der Waals surface area contributed by atoms with Crippen LogP contribution in [0.15, 0.2) is 47.4 Å². The summed E-state index contributed by atoms with van der Waals surface area (Å²) < 4.78 is 0. The van der Waals surface area contributed by atoms with Gasteiger partial charge >= 0.3 is 0 Å². The Morgan fingerprint density at radius 1 is 1.25 bits per heavy atom. The summed E-state index contributed by atoms with van der Waals surface area (Å²) >= 11 is 1.56. The lowest BCUT2D eigenvalue weighted by molar-refractivity contribution is -0.385. The summed E-state index contributed by atoms with van der Waals surface area (Å²) in [6, 6.07) is 12.7. The summed E-state index contributed by atoms with van der Waals surface area (Å²) in [6.07, 6.45) is 0.524. The molecular formula is C15H13NO3S. The largest absolute Gasteiger partial charge is 0.298 e. The Balaban J connectivity index is 2.17. The second-order valence-electron chi connectivity index (χ2n) is 4.31. The molecule has 0 atom stereocenters. The highest BCUT2D eigenvalue weighted by molar-refractivity contribution is 7.98. The Kier molecular flexibility index (Phi) is 4.53. The molecule has 0 unspecified atom stereocenters. The quantitative estimate of drug-likeness (QED) is 0.361. The molecule has 0 radical (unpaired) electrons. The molecule has 0 aliphatic rings. The normalized spacial score (nSPS) is 10.2. The number of carbonyl (C=O) groups excluding carboxylic acids is 1. The molecule has 2 rings (SSSR count). The van der Waals surface area contributed by atoms with Gasteiger partial charge in [0.2, 0.25) is 0 Å². The molecule has 5 heteroatoms. The summed E-state index contributed by atoms with van der Waals surface area (Å²) in [5.41, 5.74) is 2.38. The van der Waals surface area contributed by atoms with E-state index in [9.17, 15) is 14.9 Å². The van der Waals surface area contributed by atoms with Crippen molar-refractivity contribution in [1.29, 1.82) is 0 Å². The Hall–Kier alpha value is -2.14. The first-order chi connectivity index (χ1) is 9.61. The van der Waals surface area contributed by atoms with Crippen molar-refractivity contribution >= 4 is 23.7 Å². The molecule has 2 aromatic rings. The monoisotopic (exact) mass is 287 g/mol. The molecule has 0 heterocycles. The van der Waals surface area contributed by atoms with Gasteiger partial charge in [0.15, 0.2) is 6.29 Å². The van der Waals surface area contributed by atoms with E-state index in [0.717, 1.165) is 10.6 Å². The minimum atomic E-state index is -0.542. The van der Waals surface area contributed by atoms with Crippen molar-refractivity contribution in [3.8, 4) is 0 Å². The van der Waals surface area contributed by atoms with Crippen LogP contribution in [0.5, 0.6) is 0 Å². The number of benzene rings is 2. The first-order valence-electron chi connectivity index (χ1n) is 6.02. The number of thioether (sulfide) groups is 1. The molecule has 20 heavy (non-hydrogen) atoms. The number of aldehydes is 1. The first kappa shape index (κ1) is 14.3. The van der Waals surface area contributed by atoms with Crippen molar-refractivity contribution in [2.75, 3.05) is 0 Å². The van der Waals surface area contributed by atoms with E-state index in [1.807, 2.05) is 31.2 Å². The number of nitro benzene ring substituents is 1. The first-order valence-corrected chi connectivity index (χ1v) is 7.01. The van der Waals surface area contributed by atoms with Crippen LogP contribution in [0.3, 0.4) is 0 Å². The van der Waals surface area contributed by atoms with Gasteiger partial charge in [0.25, 0.3) is 5.69 Å². The summed E-state index contributed by atoms with van der Waals surface area (Å²) in [4.78, 5) is 22.0. The van der Waals surface area contributed by atoms with Crippen molar-refractivity contribution < 1.29 is 9.72 Å². The summed E-state index contributed by atoms with van der Waals surface area (Å²) in [5.74, 6) is 0.767. The molecule has 0 amide bonds. The van der Waals surface area contributed by atoms with Crippen molar-refractivity contribution in [1.82, 2.24) is 0 Å². The molecule has 102 valence electrons. The van der Waals surface area contributed by atoms with Crippen molar-refractivity contribution in [2.45, 2.75) is 17.6 Å². The van der Waals surface area contributed by atoms with Gasteiger partial charge in [0, 0.05) is 16.7 Å². The van der Waals surface area contributed by atoms with Gasteiger partial charge < -0.3 is 0 Å². The van der Waals surface area contributed by atoms with Crippen molar-refractivity contribution in [2.24, 2.45) is 0 Å². The van der Waals surface area contributed by atoms with Crippen molar-refractivity contribution in [3.63, 3.8) is 0 Å². The minimum Gasteiger partial charge on any atom is -0.298 e. The molecule has 4 nitrogen and oxygen atoms in total. The Bertz CT molecular complexity index is 655. The maximum absolute atomic E-state index is 10.9. The van der Waals surface area contributed by atoms with Gasteiger partial charge in [0.1, 0.15) is 0 Å². The number of hydrogen-bond acceptors (Lipinski definition) is 4.